The quantitative estimate of drug-likeness (QED) is 0.663. The normalized spacial score (nSPS) is 19.6. The Morgan fingerprint density at radius 2 is 1.74 bits per heavy atom. The zero-order chi connectivity index (χ0) is 22.5. The smallest absolute Gasteiger partial charge is 0.234 e. The maximum atomic E-state index is 12.6. The van der Waals surface area contributed by atoms with E-state index in [0.29, 0.717) is 13.1 Å². The fourth-order valence-corrected chi connectivity index (χ4v) is 4.49. The largest absolute Gasteiger partial charge is 0.379 e. The van der Waals surface area contributed by atoms with E-state index in [9.17, 15) is 4.79 Å². The van der Waals surface area contributed by atoms with Gasteiger partial charge in [0.05, 0.1) is 19.8 Å². The number of carbonyl (C=O) groups excluding carboxylic acids is 1. The second kappa shape index (κ2) is 10.4. The molecule has 0 bridgehead atoms. The third kappa shape index (κ3) is 7.01. The molecule has 2 heterocycles. The van der Waals surface area contributed by atoms with Crippen LogP contribution in [0.5, 0.6) is 0 Å². The van der Waals surface area contributed by atoms with Crippen LogP contribution in [0.15, 0.2) is 24.3 Å². The third-order valence-corrected chi connectivity index (χ3v) is 6.79. The Balaban J connectivity index is 1.48. The fraction of sp³-hybridized carbons (Fsp3) is 0.720. The predicted octanol–water partition coefficient (Wildman–Crippen LogP) is 2.28. The number of hydrogen-bond acceptors (Lipinski definition) is 5. The van der Waals surface area contributed by atoms with Crippen LogP contribution < -0.4 is 10.6 Å². The van der Waals surface area contributed by atoms with E-state index in [1.807, 2.05) is 0 Å². The molecule has 1 atom stereocenters. The number of carbonyl (C=O) groups is 1. The third-order valence-electron chi connectivity index (χ3n) is 6.79. The first-order valence-corrected chi connectivity index (χ1v) is 11.8. The summed E-state index contributed by atoms with van der Waals surface area (Å²) in [6, 6.07) is 8.99. The number of morpholine rings is 1. The molecule has 0 saturated carbocycles. The molecule has 1 unspecified atom stereocenters. The number of nitrogens with zero attached hydrogens (tertiary/aromatic N) is 2. The van der Waals surface area contributed by atoms with Crippen LogP contribution >= 0.6 is 0 Å². The molecule has 6 nitrogen and oxygen atoms in total. The first-order valence-electron chi connectivity index (χ1n) is 11.8. The Kier molecular flexibility index (Phi) is 8.14. The van der Waals surface area contributed by atoms with Gasteiger partial charge in [-0.3, -0.25) is 14.6 Å². The van der Waals surface area contributed by atoms with Crippen LogP contribution in [0.4, 0.5) is 0 Å². The summed E-state index contributed by atoms with van der Waals surface area (Å²) in [5.74, 6) is 0.0691. The number of rotatable bonds is 8. The summed E-state index contributed by atoms with van der Waals surface area (Å²) < 4.78 is 5.46. The van der Waals surface area contributed by atoms with E-state index in [0.717, 1.165) is 52.4 Å². The molecule has 2 aliphatic rings. The Labute approximate surface area is 188 Å². The van der Waals surface area contributed by atoms with Gasteiger partial charge >= 0.3 is 0 Å². The number of benzene rings is 1. The second-order valence-corrected chi connectivity index (χ2v) is 10.7. The van der Waals surface area contributed by atoms with Crippen molar-refractivity contribution in [2.45, 2.75) is 59.2 Å². The molecule has 1 saturated heterocycles. The lowest BCUT2D eigenvalue weighted by Crippen LogP contribution is -2.57. The van der Waals surface area contributed by atoms with Gasteiger partial charge in [0.2, 0.25) is 5.91 Å². The predicted molar refractivity (Wildman–Crippen MR) is 126 cm³/mol. The summed E-state index contributed by atoms with van der Waals surface area (Å²) in [7, 11) is 0. The van der Waals surface area contributed by atoms with Crippen LogP contribution in [0.2, 0.25) is 0 Å². The maximum Gasteiger partial charge on any atom is 0.234 e. The van der Waals surface area contributed by atoms with Crippen molar-refractivity contribution in [1.29, 1.82) is 0 Å². The highest BCUT2D eigenvalue weighted by Gasteiger charge is 2.30. The minimum Gasteiger partial charge on any atom is -0.379 e. The maximum absolute atomic E-state index is 12.6. The van der Waals surface area contributed by atoms with Crippen molar-refractivity contribution in [3.8, 4) is 0 Å². The molecule has 6 heteroatoms. The van der Waals surface area contributed by atoms with Crippen LogP contribution in [-0.4, -0.2) is 79.8 Å². The van der Waals surface area contributed by atoms with E-state index < -0.39 is 0 Å². The van der Waals surface area contributed by atoms with Crippen LogP contribution in [0.25, 0.3) is 0 Å². The van der Waals surface area contributed by atoms with Gasteiger partial charge in [0.1, 0.15) is 0 Å². The number of amides is 1. The van der Waals surface area contributed by atoms with Crippen molar-refractivity contribution in [2.75, 3.05) is 52.5 Å². The zero-order valence-electron chi connectivity index (χ0n) is 20.2. The molecule has 2 N–H and O–H groups in total. The summed E-state index contributed by atoms with van der Waals surface area (Å²) >= 11 is 0. The lowest BCUT2D eigenvalue weighted by molar-refractivity contribution is -0.121. The molecule has 0 spiro atoms. The summed E-state index contributed by atoms with van der Waals surface area (Å²) in [4.78, 5) is 17.5. The second-order valence-electron chi connectivity index (χ2n) is 10.7. The lowest BCUT2D eigenvalue weighted by atomic mass is 9.85. The van der Waals surface area contributed by atoms with Crippen LogP contribution in [-0.2, 0) is 22.5 Å². The van der Waals surface area contributed by atoms with Crippen molar-refractivity contribution in [2.24, 2.45) is 5.41 Å². The molecular weight excluding hydrogens is 388 g/mol. The van der Waals surface area contributed by atoms with Crippen molar-refractivity contribution in [3.05, 3.63) is 35.4 Å². The molecule has 1 aromatic carbocycles. The monoisotopic (exact) mass is 430 g/mol. The Bertz CT molecular complexity index is 722. The minimum absolute atomic E-state index is 0.0654. The first kappa shape index (κ1) is 24.2. The molecule has 2 aliphatic heterocycles. The molecule has 31 heavy (non-hydrogen) atoms. The average molecular weight is 431 g/mol. The highest BCUT2D eigenvalue weighted by molar-refractivity contribution is 5.78. The van der Waals surface area contributed by atoms with Gasteiger partial charge in [-0.15, -0.1) is 0 Å². The topological polar surface area (TPSA) is 56.8 Å². The lowest BCUT2D eigenvalue weighted by Gasteiger charge is -2.41. The highest BCUT2D eigenvalue weighted by atomic mass is 16.5. The minimum atomic E-state index is -0.0654. The average Bonchev–Trinajstić information content (AvgIpc) is 2.75. The molecule has 174 valence electrons. The highest BCUT2D eigenvalue weighted by Crippen LogP contribution is 2.24. The van der Waals surface area contributed by atoms with Crippen LogP contribution in [0, 0.1) is 5.41 Å². The first-order chi connectivity index (χ1) is 14.6. The van der Waals surface area contributed by atoms with Gasteiger partial charge in [0.25, 0.3) is 0 Å². The number of fused-ring (bicyclic) bond motifs is 1. The number of hydrogen-bond donors (Lipinski definition) is 2. The molecule has 0 aromatic heterocycles. The van der Waals surface area contributed by atoms with Gasteiger partial charge in [-0.1, -0.05) is 45.0 Å². The van der Waals surface area contributed by atoms with Gasteiger partial charge in [-0.25, -0.2) is 0 Å². The molecule has 0 radical (unpaired) electrons. The molecular formula is C25H42N4O2. The number of nitrogens with one attached hydrogen (secondary N) is 2. The molecule has 3 rings (SSSR count). The van der Waals surface area contributed by atoms with Gasteiger partial charge in [0, 0.05) is 50.8 Å². The summed E-state index contributed by atoms with van der Waals surface area (Å²) in [6.45, 7) is 18.5. The van der Waals surface area contributed by atoms with Gasteiger partial charge < -0.3 is 15.4 Å². The van der Waals surface area contributed by atoms with Gasteiger partial charge in [-0.05, 0) is 36.8 Å². The standard InChI is InChI=1S/C25H42N4O2/c1-24(2,3)22(18-28-11-10-20-8-6-7-9-21(20)17-28)26-16-23(30)27-19-25(4,5)29-12-14-31-15-13-29/h6-9,22,26H,10-19H2,1-5H3,(H,27,30). The molecule has 1 amide bonds. The van der Waals surface area contributed by atoms with E-state index in [1.165, 1.54) is 11.1 Å². The Morgan fingerprint density at radius 3 is 2.42 bits per heavy atom. The summed E-state index contributed by atoms with van der Waals surface area (Å²) in [5, 5.41) is 6.71. The van der Waals surface area contributed by atoms with Crippen molar-refractivity contribution in [1.82, 2.24) is 20.4 Å². The van der Waals surface area contributed by atoms with Gasteiger partial charge in [-0.2, -0.15) is 0 Å². The van der Waals surface area contributed by atoms with Gasteiger partial charge in [0.15, 0.2) is 0 Å². The molecule has 1 fully saturated rings. The Morgan fingerprint density at radius 1 is 1.06 bits per heavy atom. The fourth-order valence-electron chi connectivity index (χ4n) is 4.49. The van der Waals surface area contributed by atoms with Crippen molar-refractivity contribution >= 4 is 5.91 Å². The van der Waals surface area contributed by atoms with E-state index in [1.54, 1.807) is 0 Å². The Hall–Kier alpha value is -1.47. The molecule has 1 aromatic rings. The summed E-state index contributed by atoms with van der Waals surface area (Å²) in [5.41, 5.74) is 2.92. The zero-order valence-corrected chi connectivity index (χ0v) is 20.2. The number of ether oxygens (including phenoxy) is 1. The van der Waals surface area contributed by atoms with Crippen LogP contribution in [0.3, 0.4) is 0 Å². The van der Waals surface area contributed by atoms with E-state index in [-0.39, 0.29) is 22.9 Å². The van der Waals surface area contributed by atoms with E-state index >= 15 is 0 Å². The SMILES string of the molecule is CC(C)(C)C(CN1CCc2ccccc2C1)NCC(=O)NCC(C)(C)N1CCOCC1. The van der Waals surface area contributed by atoms with Crippen molar-refractivity contribution in [3.63, 3.8) is 0 Å². The van der Waals surface area contributed by atoms with Crippen molar-refractivity contribution < 1.29 is 9.53 Å². The molecule has 0 aliphatic carbocycles. The summed E-state index contributed by atoms with van der Waals surface area (Å²) in [6.07, 6.45) is 1.10. The van der Waals surface area contributed by atoms with E-state index in [2.05, 4.69) is 79.3 Å². The van der Waals surface area contributed by atoms with Crippen LogP contribution in [0.1, 0.15) is 45.7 Å². The van der Waals surface area contributed by atoms with E-state index in [4.69, 9.17) is 4.74 Å².